The lowest BCUT2D eigenvalue weighted by molar-refractivity contribution is 0.0604. The molecule has 0 spiro atoms. The van der Waals surface area contributed by atoms with E-state index in [0.717, 1.165) is 0 Å². The van der Waals surface area contributed by atoms with Crippen LogP contribution in [0.2, 0.25) is 10.0 Å². The molecule has 1 N–H and O–H groups in total. The number of aliphatic hydroxyl groups is 1. The van der Waals surface area contributed by atoms with Crippen LogP contribution in [0.25, 0.3) is 0 Å². The van der Waals surface area contributed by atoms with Crippen LogP contribution in [-0.2, 0) is 15.8 Å². The number of benzene rings is 1. The average molecular weight is 338 g/mol. The summed E-state index contributed by atoms with van der Waals surface area (Å²) >= 11 is 11.7. The summed E-state index contributed by atoms with van der Waals surface area (Å²) in [5, 5.41) is 10.6. The largest absolute Gasteiger partial charge is 0.391 e. The Kier molecular flexibility index (Phi) is 4.97. The Morgan fingerprint density at radius 3 is 2.65 bits per heavy atom. The molecule has 1 fully saturated rings. The van der Waals surface area contributed by atoms with Crippen LogP contribution in [-0.4, -0.2) is 37.0 Å². The van der Waals surface area contributed by atoms with E-state index in [2.05, 4.69) is 0 Å². The summed E-state index contributed by atoms with van der Waals surface area (Å²) in [6, 6.07) is 4.79. The van der Waals surface area contributed by atoms with Crippen LogP contribution in [0.5, 0.6) is 0 Å². The van der Waals surface area contributed by atoms with Crippen molar-refractivity contribution in [1.29, 1.82) is 0 Å². The maximum atomic E-state index is 12.3. The Labute approximate surface area is 129 Å². The maximum absolute atomic E-state index is 12.3. The van der Waals surface area contributed by atoms with Crippen LogP contribution in [0.1, 0.15) is 18.9 Å². The molecule has 0 saturated carbocycles. The molecule has 0 amide bonds. The molecule has 1 aromatic carbocycles. The third-order valence-electron chi connectivity index (χ3n) is 3.61. The highest BCUT2D eigenvalue weighted by Crippen LogP contribution is 2.25. The van der Waals surface area contributed by atoms with E-state index < -0.39 is 16.1 Å². The van der Waals surface area contributed by atoms with Crippen LogP contribution < -0.4 is 0 Å². The molecule has 0 aliphatic carbocycles. The van der Waals surface area contributed by atoms with Crippen molar-refractivity contribution >= 4 is 33.2 Å². The van der Waals surface area contributed by atoms with E-state index in [0.29, 0.717) is 28.6 Å². The van der Waals surface area contributed by atoms with Gasteiger partial charge < -0.3 is 5.11 Å². The summed E-state index contributed by atoms with van der Waals surface area (Å²) in [6.45, 7) is 2.53. The molecule has 1 aromatic rings. The molecule has 7 heteroatoms. The SMILES string of the molecule is CC1CCN(S(=O)(=O)Cc2ccc(Cl)c(Cl)c2)CC1O. The summed E-state index contributed by atoms with van der Waals surface area (Å²) in [6.07, 6.45) is 0.0641. The molecule has 0 bridgehead atoms. The molecule has 2 atom stereocenters. The summed E-state index contributed by atoms with van der Waals surface area (Å²) in [4.78, 5) is 0. The van der Waals surface area contributed by atoms with Gasteiger partial charge in [-0.05, 0) is 30.0 Å². The fourth-order valence-corrected chi connectivity index (χ4v) is 4.07. The van der Waals surface area contributed by atoms with Gasteiger partial charge in [0, 0.05) is 13.1 Å². The topological polar surface area (TPSA) is 57.6 Å². The van der Waals surface area contributed by atoms with Crippen molar-refractivity contribution in [2.75, 3.05) is 13.1 Å². The van der Waals surface area contributed by atoms with Crippen molar-refractivity contribution in [1.82, 2.24) is 4.31 Å². The second kappa shape index (κ2) is 6.20. The lowest BCUT2D eigenvalue weighted by Gasteiger charge is -2.33. The number of sulfonamides is 1. The van der Waals surface area contributed by atoms with E-state index in [-0.39, 0.29) is 18.2 Å². The normalized spacial score (nSPS) is 24.8. The van der Waals surface area contributed by atoms with Gasteiger partial charge in [-0.25, -0.2) is 8.42 Å². The van der Waals surface area contributed by atoms with Crippen molar-refractivity contribution in [3.8, 4) is 0 Å². The smallest absolute Gasteiger partial charge is 0.218 e. The molecule has 1 heterocycles. The molecule has 2 unspecified atom stereocenters. The molecule has 20 heavy (non-hydrogen) atoms. The Morgan fingerprint density at radius 1 is 1.35 bits per heavy atom. The van der Waals surface area contributed by atoms with Crippen LogP contribution in [0, 0.1) is 5.92 Å². The first-order valence-electron chi connectivity index (χ1n) is 6.39. The summed E-state index contributed by atoms with van der Waals surface area (Å²) in [7, 11) is -3.45. The molecule has 1 aliphatic heterocycles. The van der Waals surface area contributed by atoms with Crippen molar-refractivity contribution < 1.29 is 13.5 Å². The minimum atomic E-state index is -3.45. The number of hydrogen-bond acceptors (Lipinski definition) is 3. The zero-order chi connectivity index (χ0) is 14.9. The number of halogens is 2. The predicted molar refractivity (Wildman–Crippen MR) is 80.4 cm³/mol. The van der Waals surface area contributed by atoms with Crippen LogP contribution in [0.15, 0.2) is 18.2 Å². The van der Waals surface area contributed by atoms with Crippen LogP contribution in [0.3, 0.4) is 0 Å². The first kappa shape index (κ1) is 16.0. The number of rotatable bonds is 3. The van der Waals surface area contributed by atoms with Gasteiger partial charge in [-0.15, -0.1) is 0 Å². The van der Waals surface area contributed by atoms with Gasteiger partial charge in [-0.3, -0.25) is 0 Å². The van der Waals surface area contributed by atoms with Crippen molar-refractivity contribution in [2.45, 2.75) is 25.2 Å². The second-order valence-electron chi connectivity index (χ2n) is 5.20. The van der Waals surface area contributed by atoms with E-state index in [4.69, 9.17) is 23.2 Å². The van der Waals surface area contributed by atoms with E-state index in [9.17, 15) is 13.5 Å². The fourth-order valence-electron chi connectivity index (χ4n) is 2.20. The fraction of sp³-hybridized carbons (Fsp3) is 0.538. The van der Waals surface area contributed by atoms with E-state index in [1.807, 2.05) is 6.92 Å². The number of nitrogens with zero attached hydrogens (tertiary/aromatic N) is 1. The minimum Gasteiger partial charge on any atom is -0.391 e. The van der Waals surface area contributed by atoms with Crippen LogP contribution in [0.4, 0.5) is 0 Å². The zero-order valence-electron chi connectivity index (χ0n) is 11.1. The number of hydrogen-bond donors (Lipinski definition) is 1. The zero-order valence-corrected chi connectivity index (χ0v) is 13.4. The average Bonchev–Trinajstić information content (AvgIpc) is 2.37. The van der Waals surface area contributed by atoms with Gasteiger partial charge in [0.05, 0.1) is 21.9 Å². The highest BCUT2D eigenvalue weighted by Gasteiger charge is 2.31. The van der Waals surface area contributed by atoms with Gasteiger partial charge in [-0.1, -0.05) is 36.2 Å². The van der Waals surface area contributed by atoms with Gasteiger partial charge in [0.1, 0.15) is 0 Å². The predicted octanol–water partition coefficient (Wildman–Crippen LogP) is 2.53. The number of β-amino-alcohol motifs (C(OH)–C–C–N with tert-alkyl or cyclic N) is 1. The van der Waals surface area contributed by atoms with Crippen molar-refractivity contribution in [3.63, 3.8) is 0 Å². The molecular formula is C13H17Cl2NO3S. The van der Waals surface area contributed by atoms with Gasteiger partial charge in [0.25, 0.3) is 0 Å². The third kappa shape index (κ3) is 3.65. The Bertz CT molecular complexity index is 591. The summed E-state index contributed by atoms with van der Waals surface area (Å²) < 4.78 is 26.0. The molecule has 0 aromatic heterocycles. The third-order valence-corrected chi connectivity index (χ3v) is 6.16. The minimum absolute atomic E-state index is 0.131. The molecular weight excluding hydrogens is 321 g/mol. The Balaban J connectivity index is 2.13. The van der Waals surface area contributed by atoms with E-state index in [1.54, 1.807) is 18.2 Å². The monoisotopic (exact) mass is 337 g/mol. The highest BCUT2D eigenvalue weighted by atomic mass is 35.5. The van der Waals surface area contributed by atoms with E-state index in [1.165, 1.54) is 4.31 Å². The molecule has 2 rings (SSSR count). The van der Waals surface area contributed by atoms with Gasteiger partial charge in [0.15, 0.2) is 0 Å². The molecule has 112 valence electrons. The lowest BCUT2D eigenvalue weighted by atomic mass is 9.98. The highest BCUT2D eigenvalue weighted by molar-refractivity contribution is 7.88. The standard InChI is InChI=1S/C13H17Cl2NO3S/c1-9-4-5-16(7-13(9)17)20(18,19)8-10-2-3-11(14)12(15)6-10/h2-3,6,9,13,17H,4-5,7-8H2,1H3. The first-order valence-corrected chi connectivity index (χ1v) is 8.76. The molecule has 1 aliphatic rings. The number of piperidine rings is 1. The van der Waals surface area contributed by atoms with Gasteiger partial charge in [0.2, 0.25) is 10.0 Å². The number of aliphatic hydroxyl groups excluding tert-OH is 1. The summed E-state index contributed by atoms with van der Waals surface area (Å²) in [5.74, 6) is -0.00299. The van der Waals surface area contributed by atoms with Gasteiger partial charge in [-0.2, -0.15) is 4.31 Å². The Hall–Kier alpha value is -0.330. The quantitative estimate of drug-likeness (QED) is 0.921. The summed E-state index contributed by atoms with van der Waals surface area (Å²) in [5.41, 5.74) is 0.590. The molecule has 0 radical (unpaired) electrons. The van der Waals surface area contributed by atoms with Gasteiger partial charge >= 0.3 is 0 Å². The lowest BCUT2D eigenvalue weighted by Crippen LogP contribution is -2.46. The molecule has 4 nitrogen and oxygen atoms in total. The first-order chi connectivity index (χ1) is 9.29. The van der Waals surface area contributed by atoms with E-state index >= 15 is 0 Å². The second-order valence-corrected chi connectivity index (χ2v) is 7.98. The van der Waals surface area contributed by atoms with Crippen molar-refractivity contribution in [3.05, 3.63) is 33.8 Å². The Morgan fingerprint density at radius 2 is 2.05 bits per heavy atom. The van der Waals surface area contributed by atoms with Crippen LogP contribution >= 0.6 is 23.2 Å². The maximum Gasteiger partial charge on any atom is 0.218 e. The molecule has 1 saturated heterocycles. The van der Waals surface area contributed by atoms with Crippen molar-refractivity contribution in [2.24, 2.45) is 5.92 Å².